The van der Waals surface area contributed by atoms with Crippen molar-refractivity contribution in [2.45, 2.75) is 65.3 Å². The van der Waals surface area contributed by atoms with Crippen molar-refractivity contribution >= 4 is 11.8 Å². The van der Waals surface area contributed by atoms with Crippen molar-refractivity contribution in [1.29, 1.82) is 0 Å². The van der Waals surface area contributed by atoms with E-state index in [9.17, 15) is 0 Å². The lowest BCUT2D eigenvalue weighted by Crippen LogP contribution is -2.09. The van der Waals surface area contributed by atoms with E-state index in [4.69, 9.17) is 9.78 Å². The van der Waals surface area contributed by atoms with Crippen molar-refractivity contribution in [2.24, 2.45) is 5.92 Å². The third kappa shape index (κ3) is 4.35. The van der Waals surface area contributed by atoms with E-state index in [1.54, 1.807) is 5.56 Å². The fourth-order valence-electron chi connectivity index (χ4n) is 5.07. The van der Waals surface area contributed by atoms with Crippen molar-refractivity contribution in [2.75, 3.05) is 25.1 Å². The van der Waals surface area contributed by atoms with Crippen LogP contribution in [-0.4, -0.2) is 24.3 Å². The first-order chi connectivity index (χ1) is 14.7. The fraction of sp³-hybridized carbons (Fsp3) is 0.538. The van der Waals surface area contributed by atoms with Crippen LogP contribution in [-0.2, 0) is 16.3 Å². The lowest BCUT2D eigenvalue weighted by atomic mass is 9.81. The smallest absolute Gasteiger partial charge is 0.0882 e. The number of benzene rings is 1. The molecule has 1 aliphatic heterocycles. The Morgan fingerprint density at radius 1 is 1.17 bits per heavy atom. The molecule has 0 amide bonds. The Morgan fingerprint density at radius 2 is 1.97 bits per heavy atom. The number of nitrogens with one attached hydrogen (secondary N) is 1. The van der Waals surface area contributed by atoms with Crippen LogP contribution in [0.5, 0.6) is 0 Å². The van der Waals surface area contributed by atoms with Gasteiger partial charge >= 0.3 is 0 Å². The summed E-state index contributed by atoms with van der Waals surface area (Å²) in [4.78, 5) is 10.4. The van der Waals surface area contributed by atoms with E-state index in [1.165, 1.54) is 60.3 Å². The summed E-state index contributed by atoms with van der Waals surface area (Å²) in [5, 5.41) is 3.64. The molecular formula is C26H36N2O2. The minimum atomic E-state index is 0.309. The van der Waals surface area contributed by atoms with Gasteiger partial charge in [0, 0.05) is 36.0 Å². The van der Waals surface area contributed by atoms with Gasteiger partial charge in [-0.2, -0.15) is 0 Å². The van der Waals surface area contributed by atoms with Crippen LogP contribution in [0.3, 0.4) is 0 Å². The summed E-state index contributed by atoms with van der Waals surface area (Å²) in [6.07, 6.45) is 11.3. The summed E-state index contributed by atoms with van der Waals surface area (Å²) in [6.45, 7) is 9.57. The lowest BCUT2D eigenvalue weighted by molar-refractivity contribution is -0.295. The summed E-state index contributed by atoms with van der Waals surface area (Å²) in [5.74, 6) is 0.957. The average Bonchev–Trinajstić information content (AvgIpc) is 2.92. The highest BCUT2D eigenvalue weighted by atomic mass is 17.2. The summed E-state index contributed by atoms with van der Waals surface area (Å²) < 4.78 is 2.56. The van der Waals surface area contributed by atoms with Gasteiger partial charge in [0.05, 0.1) is 18.9 Å². The molecule has 0 radical (unpaired) electrons. The monoisotopic (exact) mass is 408 g/mol. The molecule has 4 rings (SSSR count). The highest BCUT2D eigenvalue weighted by Crippen LogP contribution is 2.45. The van der Waals surface area contributed by atoms with Crippen LogP contribution < -0.4 is 5.32 Å². The zero-order chi connectivity index (χ0) is 20.9. The van der Waals surface area contributed by atoms with Crippen LogP contribution in [0.2, 0.25) is 0 Å². The van der Waals surface area contributed by atoms with E-state index >= 15 is 0 Å². The van der Waals surface area contributed by atoms with Gasteiger partial charge in [0.1, 0.15) is 0 Å². The molecular weight excluding hydrogens is 372 g/mol. The van der Waals surface area contributed by atoms with Crippen molar-refractivity contribution in [3.05, 3.63) is 47.2 Å². The Bertz CT molecular complexity index is 877. The van der Waals surface area contributed by atoms with Crippen molar-refractivity contribution < 1.29 is 9.78 Å². The Labute approximate surface area is 181 Å². The predicted octanol–water partition coefficient (Wildman–Crippen LogP) is 6.55. The minimum absolute atomic E-state index is 0.309. The highest BCUT2D eigenvalue weighted by Gasteiger charge is 2.29. The highest BCUT2D eigenvalue weighted by molar-refractivity contribution is 5.83. The molecule has 1 atom stereocenters. The molecule has 1 N–H and O–H groups in total. The molecule has 4 heteroatoms. The number of para-hydroxylation sites is 1. The summed E-state index contributed by atoms with van der Waals surface area (Å²) in [7, 11) is 0. The molecule has 30 heavy (non-hydrogen) atoms. The third-order valence-corrected chi connectivity index (χ3v) is 6.58. The van der Waals surface area contributed by atoms with E-state index in [0.29, 0.717) is 25.0 Å². The summed E-state index contributed by atoms with van der Waals surface area (Å²) >= 11 is 0. The van der Waals surface area contributed by atoms with Crippen molar-refractivity contribution in [3.8, 4) is 11.3 Å². The maximum absolute atomic E-state index is 5.29. The Balaban J connectivity index is 1.77. The van der Waals surface area contributed by atoms with E-state index in [2.05, 4.69) is 60.1 Å². The topological polar surface area (TPSA) is 35.4 Å². The number of nitrogens with zero attached hydrogens (tertiary/aromatic N) is 1. The molecule has 0 saturated heterocycles. The minimum Gasteiger partial charge on any atom is -0.383 e. The van der Waals surface area contributed by atoms with Crippen molar-refractivity contribution in [3.63, 3.8) is 0 Å². The van der Waals surface area contributed by atoms with Gasteiger partial charge < -0.3 is 9.88 Å². The van der Waals surface area contributed by atoms with Crippen LogP contribution in [0.15, 0.2) is 30.3 Å². The molecule has 4 nitrogen and oxygen atoms in total. The van der Waals surface area contributed by atoms with Gasteiger partial charge in [-0.05, 0) is 49.8 Å². The van der Waals surface area contributed by atoms with E-state index in [-0.39, 0.29) is 0 Å². The number of hydrogen-bond donors (Lipinski definition) is 1. The lowest BCUT2D eigenvalue weighted by Gasteiger charge is -2.24. The Morgan fingerprint density at radius 3 is 2.77 bits per heavy atom. The maximum Gasteiger partial charge on any atom is 0.0882 e. The van der Waals surface area contributed by atoms with Crippen LogP contribution in [0.4, 0.5) is 5.69 Å². The first kappa shape index (κ1) is 21.2. The van der Waals surface area contributed by atoms with Gasteiger partial charge in [-0.1, -0.05) is 56.5 Å². The fourth-order valence-corrected chi connectivity index (χ4v) is 5.07. The molecule has 2 aromatic rings. The molecule has 1 unspecified atom stereocenters. The Hall–Kier alpha value is -2.04. The largest absolute Gasteiger partial charge is 0.383 e. The third-order valence-electron chi connectivity index (χ3n) is 6.58. The van der Waals surface area contributed by atoms with Gasteiger partial charge in [-0.3, -0.25) is 0 Å². The van der Waals surface area contributed by atoms with Crippen LogP contribution >= 0.6 is 0 Å². The first-order valence-corrected chi connectivity index (χ1v) is 11.7. The van der Waals surface area contributed by atoms with Crippen LogP contribution in [0.25, 0.3) is 17.3 Å². The molecule has 2 aliphatic rings. The molecule has 0 bridgehead atoms. The van der Waals surface area contributed by atoms with E-state index in [0.717, 1.165) is 13.1 Å². The van der Waals surface area contributed by atoms with Gasteiger partial charge in [-0.25, -0.2) is 9.78 Å². The van der Waals surface area contributed by atoms with E-state index < -0.39 is 0 Å². The predicted molar refractivity (Wildman–Crippen MR) is 125 cm³/mol. The average molecular weight is 409 g/mol. The standard InChI is InChI=1S/C26H36N2O2/c1-4-29-30-18-19(2)14-15-22-20(3)28-17-16-27-24-13-9-8-12-23(24)26(28)25(22)21-10-6-5-7-11-21/h8-9,12-15,19,21,27H,4-7,10-11,16-18H2,1-3H3/b15-14-. The number of hydrogen-bond acceptors (Lipinski definition) is 3. The quantitative estimate of drug-likeness (QED) is 0.320. The Kier molecular flexibility index (Phi) is 6.96. The normalized spacial score (nSPS) is 18.0. The second-order valence-electron chi connectivity index (χ2n) is 8.75. The summed E-state index contributed by atoms with van der Waals surface area (Å²) in [6, 6.07) is 8.82. The molecule has 1 aliphatic carbocycles. The number of fused-ring (bicyclic) bond motifs is 3. The van der Waals surface area contributed by atoms with Gasteiger partial charge in [0.25, 0.3) is 0 Å². The molecule has 1 fully saturated rings. The van der Waals surface area contributed by atoms with Gasteiger partial charge in [-0.15, -0.1) is 0 Å². The number of rotatable bonds is 7. The zero-order valence-corrected chi connectivity index (χ0v) is 18.7. The molecule has 1 saturated carbocycles. The zero-order valence-electron chi connectivity index (χ0n) is 18.7. The molecule has 1 aromatic heterocycles. The SMILES string of the molecule is CCOOCC(C)/C=C\c1c(C2CCCCC2)c2n(c1C)CCNc1ccccc1-2. The molecule has 162 valence electrons. The first-order valence-electron chi connectivity index (χ1n) is 11.7. The van der Waals surface area contributed by atoms with Crippen LogP contribution in [0, 0.1) is 12.8 Å². The number of aromatic nitrogens is 1. The second-order valence-corrected chi connectivity index (χ2v) is 8.75. The van der Waals surface area contributed by atoms with Crippen LogP contribution in [0.1, 0.15) is 68.7 Å². The molecule has 1 aromatic carbocycles. The van der Waals surface area contributed by atoms with Gasteiger partial charge in [0.15, 0.2) is 0 Å². The van der Waals surface area contributed by atoms with E-state index in [1.807, 2.05) is 6.92 Å². The second kappa shape index (κ2) is 9.84. The number of anilines is 1. The molecule has 2 heterocycles. The van der Waals surface area contributed by atoms with Gasteiger partial charge in [0.2, 0.25) is 0 Å². The molecule has 0 spiro atoms. The maximum atomic E-state index is 5.29. The summed E-state index contributed by atoms with van der Waals surface area (Å²) in [5.41, 5.74) is 8.44. The van der Waals surface area contributed by atoms with Crippen molar-refractivity contribution in [1.82, 2.24) is 4.57 Å².